The quantitative estimate of drug-likeness (QED) is 0.747. The van der Waals surface area contributed by atoms with Gasteiger partial charge in [-0.3, -0.25) is 0 Å². The molecule has 0 saturated carbocycles. The van der Waals surface area contributed by atoms with Crippen molar-refractivity contribution >= 4 is 11.6 Å². The molecule has 0 aromatic carbocycles. The Labute approximate surface area is 124 Å². The van der Waals surface area contributed by atoms with Gasteiger partial charge in [0.1, 0.15) is 17.5 Å². The van der Waals surface area contributed by atoms with Gasteiger partial charge in [-0.05, 0) is 26.2 Å². The first kappa shape index (κ1) is 16.7. The Morgan fingerprint density at radius 2 is 1.95 bits per heavy atom. The summed E-state index contributed by atoms with van der Waals surface area (Å²) in [4.78, 5) is 11.7. The SMILES string of the molecule is CCCc1nc(NCC)cc(N(CC)CC(C)CC)n1. The molecule has 20 heavy (non-hydrogen) atoms. The highest BCUT2D eigenvalue weighted by Gasteiger charge is 2.12. The minimum absolute atomic E-state index is 0.683. The van der Waals surface area contributed by atoms with E-state index in [4.69, 9.17) is 4.98 Å². The van der Waals surface area contributed by atoms with Gasteiger partial charge in [-0.15, -0.1) is 0 Å². The van der Waals surface area contributed by atoms with Crippen LogP contribution in [0.4, 0.5) is 11.6 Å². The summed E-state index contributed by atoms with van der Waals surface area (Å²) in [6.07, 6.45) is 3.21. The maximum absolute atomic E-state index is 4.74. The van der Waals surface area contributed by atoms with Crippen LogP contribution in [0.5, 0.6) is 0 Å². The van der Waals surface area contributed by atoms with Crippen molar-refractivity contribution in [3.05, 3.63) is 11.9 Å². The molecule has 4 nitrogen and oxygen atoms in total. The first-order valence-electron chi connectivity index (χ1n) is 8.01. The van der Waals surface area contributed by atoms with Gasteiger partial charge < -0.3 is 10.2 Å². The van der Waals surface area contributed by atoms with Crippen molar-refractivity contribution in [2.45, 2.75) is 53.9 Å². The molecular formula is C16H30N4. The van der Waals surface area contributed by atoms with E-state index in [0.717, 1.165) is 49.9 Å². The van der Waals surface area contributed by atoms with Gasteiger partial charge in [0.25, 0.3) is 0 Å². The van der Waals surface area contributed by atoms with E-state index in [2.05, 4.69) is 55.9 Å². The molecule has 0 bridgehead atoms. The summed E-state index contributed by atoms with van der Waals surface area (Å²) in [5.74, 6) is 3.64. The zero-order chi connectivity index (χ0) is 15.0. The third-order valence-electron chi connectivity index (χ3n) is 3.53. The van der Waals surface area contributed by atoms with Crippen molar-refractivity contribution < 1.29 is 0 Å². The van der Waals surface area contributed by atoms with Crippen molar-refractivity contribution in [3.8, 4) is 0 Å². The fourth-order valence-electron chi connectivity index (χ4n) is 2.14. The summed E-state index contributed by atoms with van der Waals surface area (Å²) in [5, 5.41) is 3.32. The van der Waals surface area contributed by atoms with Crippen LogP contribution in [0.1, 0.15) is 53.3 Å². The lowest BCUT2D eigenvalue weighted by Crippen LogP contribution is -2.29. The number of nitrogens with one attached hydrogen (secondary N) is 1. The van der Waals surface area contributed by atoms with Gasteiger partial charge in [0.15, 0.2) is 0 Å². The van der Waals surface area contributed by atoms with Crippen molar-refractivity contribution in [3.63, 3.8) is 0 Å². The van der Waals surface area contributed by atoms with Crippen molar-refractivity contribution in [2.24, 2.45) is 5.92 Å². The molecular weight excluding hydrogens is 248 g/mol. The number of hydrogen-bond acceptors (Lipinski definition) is 4. The Kier molecular flexibility index (Phi) is 7.34. The van der Waals surface area contributed by atoms with Crippen LogP contribution in [0.3, 0.4) is 0 Å². The van der Waals surface area contributed by atoms with Crippen LogP contribution in [-0.2, 0) is 6.42 Å². The molecule has 4 heteroatoms. The number of nitrogens with zero attached hydrogens (tertiary/aromatic N) is 3. The van der Waals surface area contributed by atoms with E-state index in [-0.39, 0.29) is 0 Å². The third-order valence-corrected chi connectivity index (χ3v) is 3.53. The van der Waals surface area contributed by atoms with Crippen LogP contribution in [0, 0.1) is 5.92 Å². The molecule has 1 unspecified atom stereocenters. The Balaban J connectivity index is 2.99. The van der Waals surface area contributed by atoms with Gasteiger partial charge in [0, 0.05) is 32.1 Å². The van der Waals surface area contributed by atoms with Gasteiger partial charge in [0.05, 0.1) is 0 Å². The monoisotopic (exact) mass is 278 g/mol. The van der Waals surface area contributed by atoms with Crippen molar-refractivity contribution in [2.75, 3.05) is 29.9 Å². The molecule has 0 aliphatic carbocycles. The number of aryl methyl sites for hydroxylation is 1. The predicted molar refractivity (Wildman–Crippen MR) is 87.5 cm³/mol. The summed E-state index contributed by atoms with van der Waals surface area (Å²) in [6.45, 7) is 13.9. The van der Waals surface area contributed by atoms with E-state index in [1.54, 1.807) is 0 Å². The van der Waals surface area contributed by atoms with Crippen LogP contribution in [0.25, 0.3) is 0 Å². The fourth-order valence-corrected chi connectivity index (χ4v) is 2.14. The van der Waals surface area contributed by atoms with Crippen LogP contribution < -0.4 is 10.2 Å². The number of aromatic nitrogens is 2. The molecule has 1 atom stereocenters. The first-order chi connectivity index (χ1) is 9.64. The molecule has 114 valence electrons. The molecule has 0 saturated heterocycles. The summed E-state index contributed by atoms with van der Waals surface area (Å²) < 4.78 is 0. The highest BCUT2D eigenvalue weighted by molar-refractivity contribution is 5.49. The zero-order valence-electron chi connectivity index (χ0n) is 13.7. The second kappa shape index (κ2) is 8.77. The van der Waals surface area contributed by atoms with E-state index in [1.165, 1.54) is 6.42 Å². The topological polar surface area (TPSA) is 41.1 Å². The van der Waals surface area contributed by atoms with Crippen molar-refractivity contribution in [1.29, 1.82) is 0 Å². The molecule has 0 spiro atoms. The molecule has 0 aliphatic heterocycles. The van der Waals surface area contributed by atoms with Gasteiger partial charge in [-0.2, -0.15) is 0 Å². The highest BCUT2D eigenvalue weighted by Crippen LogP contribution is 2.18. The summed E-state index contributed by atoms with van der Waals surface area (Å²) in [5.41, 5.74) is 0. The summed E-state index contributed by atoms with van der Waals surface area (Å²) in [6, 6.07) is 2.08. The zero-order valence-corrected chi connectivity index (χ0v) is 13.7. The maximum atomic E-state index is 4.74. The van der Waals surface area contributed by atoms with Gasteiger partial charge in [-0.1, -0.05) is 27.2 Å². The summed E-state index contributed by atoms with van der Waals surface area (Å²) in [7, 11) is 0. The minimum Gasteiger partial charge on any atom is -0.370 e. The fraction of sp³-hybridized carbons (Fsp3) is 0.750. The smallest absolute Gasteiger partial charge is 0.134 e. The largest absolute Gasteiger partial charge is 0.370 e. The Bertz CT molecular complexity index is 368. The lowest BCUT2D eigenvalue weighted by Gasteiger charge is -2.26. The molecule has 0 radical (unpaired) electrons. The second-order valence-corrected chi connectivity index (χ2v) is 5.36. The molecule has 1 aromatic heterocycles. The highest BCUT2D eigenvalue weighted by atomic mass is 15.2. The van der Waals surface area contributed by atoms with Crippen LogP contribution in [0.15, 0.2) is 6.07 Å². The number of hydrogen-bond donors (Lipinski definition) is 1. The van der Waals surface area contributed by atoms with Crippen molar-refractivity contribution in [1.82, 2.24) is 9.97 Å². The molecule has 0 aliphatic rings. The third kappa shape index (κ3) is 4.99. The standard InChI is InChI=1S/C16H30N4/c1-6-10-14-18-15(17-8-3)11-16(19-14)20(9-4)12-13(5)7-2/h11,13H,6-10,12H2,1-5H3,(H,17,18,19). The molecule has 0 amide bonds. The van der Waals surface area contributed by atoms with Crippen LogP contribution in [0.2, 0.25) is 0 Å². The van der Waals surface area contributed by atoms with E-state index in [1.807, 2.05) is 0 Å². The van der Waals surface area contributed by atoms with E-state index in [9.17, 15) is 0 Å². The average molecular weight is 278 g/mol. The van der Waals surface area contributed by atoms with Gasteiger partial charge in [0.2, 0.25) is 0 Å². The second-order valence-electron chi connectivity index (χ2n) is 5.36. The first-order valence-corrected chi connectivity index (χ1v) is 8.01. The van der Waals surface area contributed by atoms with E-state index < -0.39 is 0 Å². The van der Waals surface area contributed by atoms with Gasteiger partial charge >= 0.3 is 0 Å². The molecule has 0 fully saturated rings. The lowest BCUT2D eigenvalue weighted by atomic mass is 10.1. The molecule has 1 rings (SSSR count). The van der Waals surface area contributed by atoms with Crippen LogP contribution in [-0.4, -0.2) is 29.6 Å². The Hall–Kier alpha value is -1.32. The normalized spacial score (nSPS) is 12.2. The summed E-state index contributed by atoms with van der Waals surface area (Å²) >= 11 is 0. The Morgan fingerprint density at radius 1 is 1.20 bits per heavy atom. The molecule has 1 aromatic rings. The van der Waals surface area contributed by atoms with E-state index >= 15 is 0 Å². The number of rotatable bonds is 9. The predicted octanol–water partition coefficient (Wildman–Crippen LogP) is 3.73. The number of anilines is 2. The van der Waals surface area contributed by atoms with Crippen LogP contribution >= 0.6 is 0 Å². The Morgan fingerprint density at radius 3 is 2.50 bits per heavy atom. The maximum Gasteiger partial charge on any atom is 0.134 e. The molecule has 1 N–H and O–H groups in total. The van der Waals surface area contributed by atoms with E-state index in [0.29, 0.717) is 5.92 Å². The lowest BCUT2D eigenvalue weighted by molar-refractivity contribution is 0.544. The average Bonchev–Trinajstić information content (AvgIpc) is 2.44. The minimum atomic E-state index is 0.683. The molecule has 1 heterocycles. The van der Waals surface area contributed by atoms with Gasteiger partial charge in [-0.25, -0.2) is 9.97 Å².